The number of nitrogens with zero attached hydrogens (tertiary/aromatic N) is 2. The number of unbranched alkanes of at least 4 members (excludes halogenated alkanes) is 1. The van der Waals surface area contributed by atoms with Gasteiger partial charge in [0.05, 0.1) is 31.2 Å². The minimum Gasteiger partial charge on any atom is -0.354 e. The van der Waals surface area contributed by atoms with Crippen LogP contribution in [0.3, 0.4) is 0 Å². The van der Waals surface area contributed by atoms with Gasteiger partial charge in [0, 0.05) is 13.1 Å². The van der Waals surface area contributed by atoms with E-state index in [0.717, 1.165) is 12.5 Å². The molecule has 1 N–H and O–H groups in total. The van der Waals surface area contributed by atoms with E-state index in [-0.39, 0.29) is 32.9 Å². The highest BCUT2D eigenvalue weighted by atomic mass is 35.5. The molecule has 0 spiro atoms. The Morgan fingerprint density at radius 3 is 2.16 bits per heavy atom. The van der Waals surface area contributed by atoms with Gasteiger partial charge in [0.15, 0.2) is 0 Å². The standard InChI is InChI=1S/C30H31Cl3F3N3O4S/c1-3-5-15-37-29(41)26(4-2)38(18-20-11-13-23(31)25(33)16-20)28(40)19-39(44(42,43)22-9-7-6-8-10-22)27-17-21(30(34,35)36)12-14-24(27)32/h6-14,16-17,26H,3-5,15,18-19H2,1-2H3,(H,37,41)/t26-/m0/s1. The zero-order valence-corrected chi connectivity index (χ0v) is 27.0. The van der Waals surface area contributed by atoms with Crippen molar-refractivity contribution in [3.63, 3.8) is 0 Å². The molecule has 3 aromatic rings. The largest absolute Gasteiger partial charge is 0.416 e. The highest BCUT2D eigenvalue weighted by molar-refractivity contribution is 7.92. The highest BCUT2D eigenvalue weighted by Crippen LogP contribution is 2.37. The molecule has 7 nitrogen and oxygen atoms in total. The molecule has 238 valence electrons. The molecule has 0 radical (unpaired) electrons. The summed E-state index contributed by atoms with van der Waals surface area (Å²) in [5.74, 6) is -1.33. The molecule has 0 saturated carbocycles. The van der Waals surface area contributed by atoms with Crippen molar-refractivity contribution in [1.82, 2.24) is 10.2 Å². The number of rotatable bonds is 13. The van der Waals surface area contributed by atoms with Gasteiger partial charge >= 0.3 is 6.18 Å². The van der Waals surface area contributed by atoms with Crippen LogP contribution >= 0.6 is 34.8 Å². The summed E-state index contributed by atoms with van der Waals surface area (Å²) in [5.41, 5.74) is -1.22. The molecule has 0 fully saturated rings. The van der Waals surface area contributed by atoms with E-state index in [1.54, 1.807) is 19.1 Å². The maximum absolute atomic E-state index is 14.1. The lowest BCUT2D eigenvalue weighted by molar-refractivity contribution is -0.140. The Kier molecular flexibility index (Phi) is 12.4. The summed E-state index contributed by atoms with van der Waals surface area (Å²) < 4.78 is 69.4. The fraction of sp³-hybridized carbons (Fsp3) is 0.333. The summed E-state index contributed by atoms with van der Waals surface area (Å²) in [6.45, 7) is 2.85. The first-order valence-corrected chi connectivity index (χ1v) is 16.2. The van der Waals surface area contributed by atoms with Crippen molar-refractivity contribution >= 4 is 62.3 Å². The number of alkyl halides is 3. The van der Waals surface area contributed by atoms with Crippen molar-refractivity contribution in [2.24, 2.45) is 0 Å². The monoisotopic (exact) mass is 691 g/mol. The number of hydrogen-bond donors (Lipinski definition) is 1. The molecule has 0 heterocycles. The van der Waals surface area contributed by atoms with Crippen LogP contribution in [0.1, 0.15) is 44.2 Å². The van der Waals surface area contributed by atoms with Gasteiger partial charge in [-0.05, 0) is 60.9 Å². The molecule has 0 unspecified atom stereocenters. The Bertz CT molecular complexity index is 1570. The third kappa shape index (κ3) is 8.80. The van der Waals surface area contributed by atoms with Crippen molar-refractivity contribution in [1.29, 1.82) is 0 Å². The van der Waals surface area contributed by atoms with Crippen LogP contribution in [0.4, 0.5) is 18.9 Å². The molecule has 14 heteroatoms. The summed E-state index contributed by atoms with van der Waals surface area (Å²) in [6.07, 6.45) is -3.16. The van der Waals surface area contributed by atoms with Crippen LogP contribution < -0.4 is 9.62 Å². The topological polar surface area (TPSA) is 86.8 Å². The second-order valence-corrected chi connectivity index (χ2v) is 12.9. The molecule has 0 aliphatic rings. The van der Waals surface area contributed by atoms with E-state index in [1.165, 1.54) is 41.3 Å². The Balaban J connectivity index is 2.14. The lowest BCUT2D eigenvalue weighted by Crippen LogP contribution is -2.52. The molecule has 0 saturated heterocycles. The van der Waals surface area contributed by atoms with Crippen molar-refractivity contribution in [3.8, 4) is 0 Å². The van der Waals surface area contributed by atoms with E-state index in [2.05, 4.69) is 5.32 Å². The van der Waals surface area contributed by atoms with Crippen LogP contribution in [0.2, 0.25) is 15.1 Å². The van der Waals surface area contributed by atoms with Gasteiger partial charge in [-0.2, -0.15) is 13.2 Å². The van der Waals surface area contributed by atoms with Gasteiger partial charge in [-0.3, -0.25) is 13.9 Å². The maximum atomic E-state index is 14.1. The van der Waals surface area contributed by atoms with Gasteiger partial charge < -0.3 is 10.2 Å². The number of sulfonamides is 1. The van der Waals surface area contributed by atoms with Gasteiger partial charge in [-0.25, -0.2) is 8.42 Å². The maximum Gasteiger partial charge on any atom is 0.416 e. The molecular formula is C30H31Cl3F3N3O4S. The number of nitrogens with one attached hydrogen (secondary N) is 1. The van der Waals surface area contributed by atoms with E-state index >= 15 is 0 Å². The minimum atomic E-state index is -4.82. The Morgan fingerprint density at radius 2 is 1.57 bits per heavy atom. The summed E-state index contributed by atoms with van der Waals surface area (Å²) in [7, 11) is -4.63. The summed E-state index contributed by atoms with van der Waals surface area (Å²) >= 11 is 18.5. The average Bonchev–Trinajstić information content (AvgIpc) is 2.98. The van der Waals surface area contributed by atoms with Crippen LogP contribution in [0.5, 0.6) is 0 Å². The zero-order valence-electron chi connectivity index (χ0n) is 23.9. The summed E-state index contributed by atoms with van der Waals surface area (Å²) in [6, 6.07) is 12.7. The number of benzene rings is 3. The Hall–Kier alpha value is -2.99. The van der Waals surface area contributed by atoms with Gasteiger partial charge in [-0.15, -0.1) is 0 Å². The number of halogens is 6. The normalized spacial score (nSPS) is 12.5. The van der Waals surface area contributed by atoms with Crippen LogP contribution in [0.25, 0.3) is 0 Å². The number of hydrogen-bond acceptors (Lipinski definition) is 4. The molecule has 3 aromatic carbocycles. The third-order valence-electron chi connectivity index (χ3n) is 6.70. The summed E-state index contributed by atoms with van der Waals surface area (Å²) in [5, 5.41) is 2.92. The molecule has 1 atom stereocenters. The van der Waals surface area contributed by atoms with E-state index in [0.29, 0.717) is 35.0 Å². The first-order valence-electron chi connectivity index (χ1n) is 13.7. The molecule has 0 aromatic heterocycles. The van der Waals surface area contributed by atoms with Gasteiger partial charge in [-0.1, -0.05) is 79.3 Å². The summed E-state index contributed by atoms with van der Waals surface area (Å²) in [4.78, 5) is 28.3. The number of amides is 2. The Morgan fingerprint density at radius 1 is 0.909 bits per heavy atom. The molecule has 0 aliphatic carbocycles. The van der Waals surface area contributed by atoms with Gasteiger partial charge in [0.1, 0.15) is 12.6 Å². The fourth-order valence-corrected chi connectivity index (χ4v) is 6.41. The number of carbonyl (C=O) groups is 2. The third-order valence-corrected chi connectivity index (χ3v) is 9.54. The molecule has 0 aliphatic heterocycles. The fourth-order valence-electron chi connectivity index (χ4n) is 4.37. The lowest BCUT2D eigenvalue weighted by Gasteiger charge is -2.33. The number of anilines is 1. The van der Waals surface area contributed by atoms with Crippen LogP contribution in [0.15, 0.2) is 71.6 Å². The second kappa shape index (κ2) is 15.3. The molecule has 3 rings (SSSR count). The first-order chi connectivity index (χ1) is 20.7. The quantitative estimate of drug-likeness (QED) is 0.187. The molecule has 44 heavy (non-hydrogen) atoms. The van der Waals surface area contributed by atoms with Crippen molar-refractivity contribution in [3.05, 3.63) is 92.9 Å². The van der Waals surface area contributed by atoms with Crippen LogP contribution in [-0.4, -0.2) is 44.3 Å². The van der Waals surface area contributed by atoms with Crippen molar-refractivity contribution in [2.75, 3.05) is 17.4 Å². The average molecular weight is 693 g/mol. The zero-order chi connectivity index (χ0) is 32.7. The minimum absolute atomic E-state index is 0.154. The van der Waals surface area contributed by atoms with Gasteiger partial charge in [0.25, 0.3) is 10.0 Å². The van der Waals surface area contributed by atoms with E-state index in [1.807, 2.05) is 6.92 Å². The Labute approximate surface area is 269 Å². The first kappa shape index (κ1) is 35.5. The van der Waals surface area contributed by atoms with E-state index in [9.17, 15) is 31.2 Å². The van der Waals surface area contributed by atoms with E-state index in [4.69, 9.17) is 34.8 Å². The van der Waals surface area contributed by atoms with Crippen molar-refractivity contribution < 1.29 is 31.2 Å². The molecule has 0 bridgehead atoms. The van der Waals surface area contributed by atoms with Gasteiger partial charge in [0.2, 0.25) is 11.8 Å². The van der Waals surface area contributed by atoms with Crippen LogP contribution in [0, 0.1) is 0 Å². The highest BCUT2D eigenvalue weighted by Gasteiger charge is 2.37. The number of carbonyl (C=O) groups excluding carboxylic acids is 2. The smallest absolute Gasteiger partial charge is 0.354 e. The second-order valence-electron chi connectivity index (χ2n) is 9.83. The van der Waals surface area contributed by atoms with Crippen molar-refractivity contribution in [2.45, 2.75) is 56.8 Å². The molecule has 2 amide bonds. The molecular weight excluding hydrogens is 662 g/mol. The lowest BCUT2D eigenvalue weighted by atomic mass is 10.1. The SMILES string of the molecule is CCCCNC(=O)[C@H](CC)N(Cc1ccc(Cl)c(Cl)c1)C(=O)CN(c1cc(C(F)(F)F)ccc1Cl)S(=O)(=O)c1ccccc1. The van der Waals surface area contributed by atoms with Crippen LogP contribution in [-0.2, 0) is 32.3 Å². The van der Waals surface area contributed by atoms with E-state index < -0.39 is 51.9 Å². The predicted octanol–water partition coefficient (Wildman–Crippen LogP) is 7.58. The predicted molar refractivity (Wildman–Crippen MR) is 166 cm³/mol.